The van der Waals surface area contributed by atoms with E-state index in [4.69, 9.17) is 0 Å². The van der Waals surface area contributed by atoms with E-state index >= 15 is 0 Å². The van der Waals surface area contributed by atoms with Crippen LogP contribution in [0.1, 0.15) is 60.5 Å². The number of likely N-dealkylation sites (N-methyl/N-ethyl adjacent to an activating group) is 2. The number of carbonyl (C=O) groups is 3. The fourth-order valence-corrected chi connectivity index (χ4v) is 3.96. The predicted molar refractivity (Wildman–Crippen MR) is 132 cm³/mol. The molecule has 0 aliphatic rings. The van der Waals surface area contributed by atoms with Crippen LogP contribution in [0.15, 0.2) is 42.0 Å². The van der Waals surface area contributed by atoms with Crippen LogP contribution in [0.5, 0.6) is 0 Å². The summed E-state index contributed by atoms with van der Waals surface area (Å²) in [4.78, 5) is 39.8. The molecule has 0 aliphatic heterocycles. The van der Waals surface area contributed by atoms with Gasteiger partial charge in [0.1, 0.15) is 6.04 Å². The van der Waals surface area contributed by atoms with Gasteiger partial charge in [-0.15, -0.1) is 0 Å². The maximum absolute atomic E-state index is 13.5. The Balaban J connectivity index is 3.23. The summed E-state index contributed by atoms with van der Waals surface area (Å²) in [6.45, 7) is 13.1. The molecule has 0 spiro atoms. The van der Waals surface area contributed by atoms with Crippen LogP contribution >= 0.6 is 0 Å². The second-order valence-corrected chi connectivity index (χ2v) is 10.2. The zero-order valence-electron chi connectivity index (χ0n) is 21.5. The molecule has 0 radical (unpaired) electrons. The second-order valence-electron chi connectivity index (χ2n) is 10.2. The summed E-state index contributed by atoms with van der Waals surface area (Å²) >= 11 is 0. The molecule has 2 amide bonds. The maximum atomic E-state index is 13.5. The molecule has 3 atom stereocenters. The summed E-state index contributed by atoms with van der Waals surface area (Å²) in [5.74, 6) is -1.54. The molecule has 0 fully saturated rings. The van der Waals surface area contributed by atoms with Crippen molar-refractivity contribution in [2.75, 3.05) is 14.1 Å². The van der Waals surface area contributed by atoms with Crippen molar-refractivity contribution in [3.05, 3.63) is 47.5 Å². The molecule has 0 heterocycles. The van der Waals surface area contributed by atoms with Gasteiger partial charge >= 0.3 is 5.97 Å². The molecule has 7 nitrogen and oxygen atoms in total. The highest BCUT2D eigenvalue weighted by molar-refractivity contribution is 5.91. The van der Waals surface area contributed by atoms with Crippen molar-refractivity contribution in [2.45, 2.75) is 78.4 Å². The van der Waals surface area contributed by atoms with Gasteiger partial charge in [0.05, 0.1) is 12.1 Å². The van der Waals surface area contributed by atoms with Gasteiger partial charge in [-0.3, -0.25) is 9.59 Å². The zero-order chi connectivity index (χ0) is 25.6. The minimum Gasteiger partial charge on any atom is -0.478 e. The first-order valence-corrected chi connectivity index (χ1v) is 11.4. The van der Waals surface area contributed by atoms with E-state index in [-0.39, 0.29) is 17.4 Å². The van der Waals surface area contributed by atoms with Crippen molar-refractivity contribution in [2.24, 2.45) is 5.41 Å². The Labute approximate surface area is 198 Å². The number of amides is 2. The van der Waals surface area contributed by atoms with Crippen LogP contribution in [0, 0.1) is 5.41 Å². The summed E-state index contributed by atoms with van der Waals surface area (Å²) in [6, 6.07) is 8.04. The third kappa shape index (κ3) is 7.16. The summed E-state index contributed by atoms with van der Waals surface area (Å²) in [6.07, 6.45) is 2.13. The van der Waals surface area contributed by atoms with Gasteiger partial charge in [-0.1, -0.05) is 78.0 Å². The van der Waals surface area contributed by atoms with E-state index in [1.54, 1.807) is 20.2 Å². The third-order valence-corrected chi connectivity index (χ3v) is 6.23. The summed E-state index contributed by atoms with van der Waals surface area (Å²) in [5, 5.41) is 15.3. The first-order chi connectivity index (χ1) is 15.2. The molecule has 0 aliphatic carbocycles. The van der Waals surface area contributed by atoms with E-state index < -0.39 is 34.9 Å². The highest BCUT2D eigenvalue weighted by Crippen LogP contribution is 2.28. The number of carboxylic acids is 1. The molecule has 33 heavy (non-hydrogen) atoms. The van der Waals surface area contributed by atoms with Gasteiger partial charge in [-0.25, -0.2) is 4.79 Å². The van der Waals surface area contributed by atoms with E-state index in [9.17, 15) is 19.5 Å². The van der Waals surface area contributed by atoms with Gasteiger partial charge in [0.15, 0.2) is 0 Å². The van der Waals surface area contributed by atoms with Crippen molar-refractivity contribution in [1.29, 1.82) is 0 Å². The van der Waals surface area contributed by atoms with Gasteiger partial charge in [-0.05, 0) is 31.4 Å². The second kappa shape index (κ2) is 11.5. The molecule has 1 aromatic rings. The van der Waals surface area contributed by atoms with Crippen molar-refractivity contribution >= 4 is 17.8 Å². The molecular formula is C26H41N3O4. The van der Waals surface area contributed by atoms with Gasteiger partial charge in [-0.2, -0.15) is 0 Å². The Morgan fingerprint density at radius 1 is 1.06 bits per heavy atom. The Kier molecular flexibility index (Phi) is 9.85. The van der Waals surface area contributed by atoms with Crippen molar-refractivity contribution < 1.29 is 19.5 Å². The van der Waals surface area contributed by atoms with Crippen LogP contribution in [-0.4, -0.2) is 60.0 Å². The number of nitrogens with zero attached hydrogens (tertiary/aromatic N) is 1. The van der Waals surface area contributed by atoms with E-state index in [1.165, 1.54) is 11.8 Å². The number of carbonyl (C=O) groups excluding carboxylic acids is 2. The first kappa shape index (κ1) is 28.4. The molecule has 0 bridgehead atoms. The minimum absolute atomic E-state index is 0.178. The zero-order valence-corrected chi connectivity index (χ0v) is 21.5. The molecule has 0 unspecified atom stereocenters. The van der Waals surface area contributed by atoms with Crippen molar-refractivity contribution in [1.82, 2.24) is 15.5 Å². The summed E-state index contributed by atoms with van der Waals surface area (Å²) < 4.78 is 0. The molecule has 0 saturated heterocycles. The van der Waals surface area contributed by atoms with Gasteiger partial charge in [0.25, 0.3) is 0 Å². The minimum atomic E-state index is -1.02. The van der Waals surface area contributed by atoms with E-state index in [2.05, 4.69) is 10.6 Å². The largest absolute Gasteiger partial charge is 0.478 e. The predicted octanol–water partition coefficient (Wildman–Crippen LogP) is 3.35. The standard InChI is InChI=1S/C26H41N3O4/c1-10-19(16-17(2)24(32)33)29(9)23(31)21(25(3,4)5)28-22(30)20(27-8)26(6,7)18-14-12-11-13-15-18/h11-16,19-21,27H,10H2,1-9H3,(H,28,30)(H,32,33)/t19-,20+,21+/m0/s1. The molecular weight excluding hydrogens is 418 g/mol. The number of carboxylic acid groups (broad SMARTS) is 1. The summed E-state index contributed by atoms with van der Waals surface area (Å²) in [5.41, 5.74) is 0.110. The Morgan fingerprint density at radius 2 is 1.61 bits per heavy atom. The lowest BCUT2D eigenvalue weighted by molar-refractivity contribution is -0.140. The lowest BCUT2D eigenvalue weighted by Gasteiger charge is -2.39. The van der Waals surface area contributed by atoms with Gasteiger partial charge in [0, 0.05) is 18.0 Å². The molecule has 1 aromatic carbocycles. The van der Waals surface area contributed by atoms with Crippen LogP contribution in [-0.2, 0) is 19.8 Å². The monoisotopic (exact) mass is 459 g/mol. The van der Waals surface area contributed by atoms with Crippen LogP contribution in [0.25, 0.3) is 0 Å². The van der Waals surface area contributed by atoms with Crippen LogP contribution < -0.4 is 10.6 Å². The molecule has 7 heteroatoms. The average Bonchev–Trinajstić information content (AvgIpc) is 2.74. The number of benzene rings is 1. The number of hydrogen-bond acceptors (Lipinski definition) is 4. The molecule has 3 N–H and O–H groups in total. The van der Waals surface area contributed by atoms with E-state index in [1.807, 2.05) is 71.9 Å². The molecule has 1 rings (SSSR count). The number of nitrogens with one attached hydrogen (secondary N) is 2. The molecule has 0 aromatic heterocycles. The van der Waals surface area contributed by atoms with Gasteiger partial charge < -0.3 is 20.6 Å². The van der Waals surface area contributed by atoms with Crippen LogP contribution in [0.3, 0.4) is 0 Å². The van der Waals surface area contributed by atoms with Crippen molar-refractivity contribution in [3.63, 3.8) is 0 Å². The fourth-order valence-electron chi connectivity index (χ4n) is 3.96. The van der Waals surface area contributed by atoms with Gasteiger partial charge in [0.2, 0.25) is 11.8 Å². The molecule has 184 valence electrons. The topological polar surface area (TPSA) is 98.7 Å². The highest BCUT2D eigenvalue weighted by atomic mass is 16.4. The first-order valence-electron chi connectivity index (χ1n) is 11.4. The normalized spacial score (nSPS) is 15.4. The van der Waals surface area contributed by atoms with E-state index in [0.29, 0.717) is 6.42 Å². The van der Waals surface area contributed by atoms with Crippen molar-refractivity contribution in [3.8, 4) is 0 Å². The Morgan fingerprint density at radius 3 is 2.03 bits per heavy atom. The quantitative estimate of drug-likeness (QED) is 0.466. The smallest absolute Gasteiger partial charge is 0.331 e. The fraction of sp³-hybridized carbons (Fsp3) is 0.577. The number of hydrogen-bond donors (Lipinski definition) is 3. The average molecular weight is 460 g/mol. The third-order valence-electron chi connectivity index (χ3n) is 6.23. The van der Waals surface area contributed by atoms with Crippen LogP contribution in [0.2, 0.25) is 0 Å². The number of aliphatic carboxylic acids is 1. The Hall–Kier alpha value is -2.67. The van der Waals surface area contributed by atoms with Crippen LogP contribution in [0.4, 0.5) is 0 Å². The summed E-state index contributed by atoms with van der Waals surface area (Å²) in [7, 11) is 3.39. The number of rotatable bonds is 10. The highest BCUT2D eigenvalue weighted by Gasteiger charge is 2.41. The Bertz CT molecular complexity index is 856. The maximum Gasteiger partial charge on any atom is 0.331 e. The molecule has 0 saturated carbocycles. The lowest BCUT2D eigenvalue weighted by atomic mass is 9.76. The SMILES string of the molecule is CC[C@@H](C=C(C)C(=O)O)N(C)C(=O)[C@@H](NC(=O)[C@@H](NC)C(C)(C)c1ccccc1)C(C)(C)C. The van der Waals surface area contributed by atoms with E-state index in [0.717, 1.165) is 5.56 Å². The lowest BCUT2D eigenvalue weighted by Crippen LogP contribution is -2.61.